The van der Waals surface area contributed by atoms with E-state index in [0.29, 0.717) is 0 Å². The molecule has 1 aromatic carbocycles. The average Bonchev–Trinajstić information content (AvgIpc) is 2.77. The summed E-state index contributed by atoms with van der Waals surface area (Å²) in [6.07, 6.45) is 0. The molecule has 0 aliphatic carbocycles. The van der Waals surface area contributed by atoms with Crippen molar-refractivity contribution in [2.45, 2.75) is 25.6 Å². The Kier molecular flexibility index (Phi) is 5.64. The van der Waals surface area contributed by atoms with Crippen LogP contribution in [0.2, 0.25) is 5.02 Å². The summed E-state index contributed by atoms with van der Waals surface area (Å²) in [5.41, 5.74) is 8.55. The van der Waals surface area contributed by atoms with Gasteiger partial charge in [0.05, 0.1) is 9.83 Å². The predicted octanol–water partition coefficient (Wildman–Crippen LogP) is 4.68. The average molecular weight is 374 g/mol. The van der Waals surface area contributed by atoms with Crippen molar-refractivity contribution in [2.24, 2.45) is 5.73 Å². The van der Waals surface area contributed by atoms with Gasteiger partial charge < -0.3 is 5.73 Å². The van der Waals surface area contributed by atoms with E-state index >= 15 is 0 Å². The molecule has 0 fully saturated rings. The Morgan fingerprint density at radius 2 is 2.10 bits per heavy atom. The van der Waals surface area contributed by atoms with E-state index in [0.717, 1.165) is 20.9 Å². The highest BCUT2D eigenvalue weighted by molar-refractivity contribution is 9.11. The summed E-state index contributed by atoms with van der Waals surface area (Å²) < 4.78 is 1.15. The molecule has 1 heterocycles. The lowest BCUT2D eigenvalue weighted by molar-refractivity contribution is 0.211. The molecule has 2 aromatic rings. The van der Waals surface area contributed by atoms with Crippen LogP contribution in [-0.2, 0) is 6.54 Å². The minimum absolute atomic E-state index is 0.00183. The summed E-state index contributed by atoms with van der Waals surface area (Å²) in [6.45, 7) is 2.87. The summed E-state index contributed by atoms with van der Waals surface area (Å²) >= 11 is 11.5. The summed E-state index contributed by atoms with van der Waals surface area (Å²) in [7, 11) is 2.09. The van der Waals surface area contributed by atoms with Gasteiger partial charge >= 0.3 is 0 Å². The Morgan fingerprint density at radius 3 is 2.65 bits per heavy atom. The smallest absolute Gasteiger partial charge is 0.0701 e. The number of thiophene rings is 1. The molecule has 2 atom stereocenters. The van der Waals surface area contributed by atoms with Crippen LogP contribution >= 0.6 is 38.9 Å². The molecule has 0 saturated heterocycles. The minimum atomic E-state index is 0.00183. The van der Waals surface area contributed by atoms with Crippen LogP contribution in [0.5, 0.6) is 0 Å². The van der Waals surface area contributed by atoms with E-state index in [1.54, 1.807) is 11.3 Å². The lowest BCUT2D eigenvalue weighted by Crippen LogP contribution is -2.37. The lowest BCUT2D eigenvalue weighted by Gasteiger charge is -2.32. The highest BCUT2D eigenvalue weighted by Gasteiger charge is 2.23. The maximum absolute atomic E-state index is 6.33. The van der Waals surface area contributed by atoms with Crippen molar-refractivity contribution in [1.82, 2.24) is 4.90 Å². The second-order valence-corrected chi connectivity index (χ2v) is 7.70. The van der Waals surface area contributed by atoms with Gasteiger partial charge in [-0.25, -0.2) is 0 Å². The van der Waals surface area contributed by atoms with E-state index in [9.17, 15) is 0 Å². The predicted molar refractivity (Wildman–Crippen MR) is 91.3 cm³/mol. The number of halogens is 2. The van der Waals surface area contributed by atoms with Gasteiger partial charge in [-0.1, -0.05) is 29.8 Å². The van der Waals surface area contributed by atoms with Gasteiger partial charge in [-0.2, -0.15) is 0 Å². The number of likely N-dealkylation sites (N-methyl/N-ethyl adjacent to an activating group) is 1. The van der Waals surface area contributed by atoms with Crippen molar-refractivity contribution in [2.75, 3.05) is 7.05 Å². The largest absolute Gasteiger partial charge is 0.326 e. The topological polar surface area (TPSA) is 29.3 Å². The molecule has 2 nitrogen and oxygen atoms in total. The van der Waals surface area contributed by atoms with Crippen LogP contribution in [0.3, 0.4) is 0 Å². The van der Waals surface area contributed by atoms with Gasteiger partial charge in [0.1, 0.15) is 0 Å². The van der Waals surface area contributed by atoms with E-state index in [-0.39, 0.29) is 12.1 Å². The first-order valence-corrected chi connectivity index (χ1v) is 8.47. The zero-order valence-electron chi connectivity index (χ0n) is 11.5. The summed E-state index contributed by atoms with van der Waals surface area (Å²) in [4.78, 5) is 2.25. The summed E-state index contributed by atoms with van der Waals surface area (Å²) in [6, 6.07) is 10.2. The van der Waals surface area contributed by atoms with E-state index in [1.807, 2.05) is 25.1 Å². The molecule has 5 heteroatoms. The quantitative estimate of drug-likeness (QED) is 0.824. The van der Waals surface area contributed by atoms with Gasteiger partial charge in [-0.05, 0) is 58.5 Å². The Balaban J connectivity index is 2.22. The van der Waals surface area contributed by atoms with Crippen molar-refractivity contribution in [1.29, 1.82) is 0 Å². The zero-order chi connectivity index (χ0) is 14.7. The van der Waals surface area contributed by atoms with Crippen LogP contribution in [0.1, 0.15) is 24.1 Å². The van der Waals surface area contributed by atoms with E-state index in [4.69, 9.17) is 17.3 Å². The fourth-order valence-electron chi connectivity index (χ4n) is 2.45. The Morgan fingerprint density at radius 1 is 1.40 bits per heavy atom. The Labute approximate surface area is 137 Å². The SMILES string of the molecule is CC(N)C(c1ccccc1Cl)N(C)Cc1csc(Br)c1. The maximum atomic E-state index is 6.33. The van der Waals surface area contributed by atoms with Crippen molar-refractivity contribution in [3.63, 3.8) is 0 Å². The van der Waals surface area contributed by atoms with Crippen LogP contribution in [0, 0.1) is 0 Å². The third kappa shape index (κ3) is 3.83. The first-order valence-electron chi connectivity index (χ1n) is 6.42. The standard InChI is InChI=1S/C15H18BrClN2S/c1-10(18)15(12-5-3-4-6-13(12)17)19(2)8-11-7-14(16)20-9-11/h3-7,9-10,15H,8,18H2,1-2H3. The van der Waals surface area contributed by atoms with E-state index in [1.165, 1.54) is 5.56 Å². The second kappa shape index (κ2) is 7.05. The highest BCUT2D eigenvalue weighted by Crippen LogP contribution is 2.30. The van der Waals surface area contributed by atoms with Gasteiger partial charge in [0.2, 0.25) is 0 Å². The van der Waals surface area contributed by atoms with Crippen molar-refractivity contribution < 1.29 is 0 Å². The van der Waals surface area contributed by atoms with Gasteiger partial charge in [-0.15, -0.1) is 11.3 Å². The minimum Gasteiger partial charge on any atom is -0.326 e. The van der Waals surface area contributed by atoms with Crippen molar-refractivity contribution in [3.8, 4) is 0 Å². The van der Waals surface area contributed by atoms with Crippen LogP contribution in [-0.4, -0.2) is 18.0 Å². The molecule has 2 N–H and O–H groups in total. The molecular weight excluding hydrogens is 356 g/mol. The molecule has 1 aromatic heterocycles. The highest BCUT2D eigenvalue weighted by atomic mass is 79.9. The van der Waals surface area contributed by atoms with Gasteiger partial charge in [0.15, 0.2) is 0 Å². The molecule has 0 amide bonds. The van der Waals surface area contributed by atoms with Gasteiger partial charge in [0.25, 0.3) is 0 Å². The molecule has 0 aliphatic rings. The number of nitrogens with two attached hydrogens (primary N) is 1. The number of benzene rings is 1. The van der Waals surface area contributed by atoms with Crippen LogP contribution in [0.25, 0.3) is 0 Å². The molecule has 2 unspecified atom stereocenters. The molecule has 0 radical (unpaired) electrons. The monoisotopic (exact) mass is 372 g/mol. The molecule has 2 rings (SSSR count). The third-order valence-electron chi connectivity index (χ3n) is 3.25. The van der Waals surface area contributed by atoms with E-state index in [2.05, 4.69) is 45.4 Å². The lowest BCUT2D eigenvalue weighted by atomic mass is 9.99. The van der Waals surface area contributed by atoms with Crippen molar-refractivity contribution >= 4 is 38.9 Å². The fraction of sp³-hybridized carbons (Fsp3) is 0.333. The first-order chi connectivity index (χ1) is 9.49. The molecule has 0 bridgehead atoms. The normalized spacial score (nSPS) is 14.5. The number of rotatable bonds is 5. The fourth-order valence-corrected chi connectivity index (χ4v) is 3.90. The molecule has 108 valence electrons. The molecular formula is C15H18BrClN2S. The van der Waals surface area contributed by atoms with E-state index < -0.39 is 0 Å². The van der Waals surface area contributed by atoms with Crippen molar-refractivity contribution in [3.05, 3.63) is 55.6 Å². The zero-order valence-corrected chi connectivity index (χ0v) is 14.7. The summed E-state index contributed by atoms with van der Waals surface area (Å²) in [5.74, 6) is 0. The maximum Gasteiger partial charge on any atom is 0.0701 e. The van der Waals surface area contributed by atoms with Gasteiger partial charge in [-0.3, -0.25) is 4.90 Å². The second-order valence-electron chi connectivity index (χ2n) is 5.00. The first kappa shape index (κ1) is 16.0. The Bertz CT molecular complexity index is 571. The van der Waals surface area contributed by atoms with Crippen LogP contribution in [0.4, 0.5) is 0 Å². The summed E-state index contributed by atoms with van der Waals surface area (Å²) in [5, 5.41) is 2.93. The molecule has 0 saturated carbocycles. The number of hydrogen-bond acceptors (Lipinski definition) is 3. The molecule has 0 aliphatic heterocycles. The molecule has 0 spiro atoms. The van der Waals surface area contributed by atoms with Crippen LogP contribution < -0.4 is 5.73 Å². The number of nitrogens with zero attached hydrogens (tertiary/aromatic N) is 1. The molecule has 20 heavy (non-hydrogen) atoms. The van der Waals surface area contributed by atoms with Gasteiger partial charge in [0, 0.05) is 17.6 Å². The Hall–Kier alpha value is -0.390. The number of hydrogen-bond donors (Lipinski definition) is 1. The van der Waals surface area contributed by atoms with Crippen LogP contribution in [0.15, 0.2) is 39.5 Å². The third-order valence-corrected chi connectivity index (χ3v) is 5.15.